The largest absolute Gasteiger partial charge is 0.356 e. The van der Waals surface area contributed by atoms with E-state index < -0.39 is 10.1 Å². The molecule has 7 nitrogen and oxygen atoms in total. The van der Waals surface area contributed by atoms with Crippen LogP contribution in [-0.2, 0) is 10.1 Å². The summed E-state index contributed by atoms with van der Waals surface area (Å²) < 4.78 is 30.9. The SMILES string of the molecule is CN(c1ncnc2[nH]ccc12)C1CCC(CS(=O)(=O)O)CC1.[K]. The molecule has 0 aromatic carbocycles. The second-order valence-corrected chi connectivity index (χ2v) is 7.47. The van der Waals surface area contributed by atoms with Gasteiger partial charge in [0.05, 0.1) is 11.1 Å². The molecule has 1 aliphatic carbocycles. The molecular formula is C14H20KN4O3S. The summed E-state index contributed by atoms with van der Waals surface area (Å²) in [6.07, 6.45) is 6.79. The van der Waals surface area contributed by atoms with E-state index in [0.29, 0.717) is 6.04 Å². The molecule has 1 aliphatic rings. The maximum absolute atomic E-state index is 11.0. The standard InChI is InChI=1S/C14H20N4O3S.K/c1-18(14-12-6-7-15-13(12)16-9-17-14)11-4-2-10(3-5-11)8-22(19,20)21;/h6-7,9-11H,2-5,8H2,1H3,(H,15,16,17)(H,19,20,21);. The normalized spacial score (nSPS) is 21.8. The van der Waals surface area contributed by atoms with Crippen molar-refractivity contribution < 1.29 is 13.0 Å². The molecule has 1 fully saturated rings. The summed E-state index contributed by atoms with van der Waals surface area (Å²) in [5.74, 6) is 0.820. The van der Waals surface area contributed by atoms with Crippen LogP contribution in [0.1, 0.15) is 25.7 Å². The summed E-state index contributed by atoms with van der Waals surface area (Å²) >= 11 is 0. The van der Waals surface area contributed by atoms with E-state index in [9.17, 15) is 8.42 Å². The molecule has 9 heteroatoms. The Bertz CT molecular complexity index is 756. The molecule has 2 heterocycles. The average molecular weight is 364 g/mol. The summed E-state index contributed by atoms with van der Waals surface area (Å²) in [5.41, 5.74) is 0.817. The second kappa shape index (κ2) is 7.90. The van der Waals surface area contributed by atoms with E-state index in [1.807, 2.05) is 19.3 Å². The van der Waals surface area contributed by atoms with Gasteiger partial charge in [-0.1, -0.05) is 0 Å². The number of nitrogens with zero attached hydrogens (tertiary/aromatic N) is 3. The first-order valence-corrected chi connectivity index (χ1v) is 9.01. The summed E-state index contributed by atoms with van der Waals surface area (Å²) in [6.45, 7) is 0. The Labute approximate surface area is 178 Å². The van der Waals surface area contributed by atoms with Crippen LogP contribution in [-0.4, -0.2) is 98.1 Å². The third-order valence-corrected chi connectivity index (χ3v) is 5.37. The average Bonchev–Trinajstić information content (AvgIpc) is 2.94. The Kier molecular flexibility index (Phi) is 6.62. The van der Waals surface area contributed by atoms with Crippen molar-refractivity contribution in [3.63, 3.8) is 0 Å². The number of aromatic amines is 1. The van der Waals surface area contributed by atoms with Crippen LogP contribution in [0.3, 0.4) is 0 Å². The maximum Gasteiger partial charge on any atom is 0.265 e. The molecule has 0 atom stereocenters. The van der Waals surface area contributed by atoms with Crippen molar-refractivity contribution in [1.29, 1.82) is 0 Å². The van der Waals surface area contributed by atoms with Gasteiger partial charge in [-0.05, 0) is 37.7 Å². The molecule has 0 spiro atoms. The predicted octanol–water partition coefficient (Wildman–Crippen LogP) is 1.46. The monoisotopic (exact) mass is 363 g/mol. The minimum absolute atomic E-state index is 0. The van der Waals surface area contributed by atoms with E-state index in [-0.39, 0.29) is 63.1 Å². The predicted molar refractivity (Wildman–Crippen MR) is 90.2 cm³/mol. The Morgan fingerprint density at radius 3 is 2.65 bits per heavy atom. The van der Waals surface area contributed by atoms with Crippen LogP contribution in [0.4, 0.5) is 5.82 Å². The number of H-pyrrole nitrogens is 1. The molecule has 0 unspecified atom stereocenters. The topological polar surface area (TPSA) is 99.2 Å². The van der Waals surface area contributed by atoms with E-state index in [4.69, 9.17) is 4.55 Å². The van der Waals surface area contributed by atoms with Crippen LogP contribution in [0.5, 0.6) is 0 Å². The number of fused-ring (bicyclic) bond motifs is 1. The Morgan fingerprint density at radius 2 is 2.00 bits per heavy atom. The molecule has 0 saturated heterocycles. The van der Waals surface area contributed by atoms with E-state index >= 15 is 0 Å². The van der Waals surface area contributed by atoms with Crippen molar-refractivity contribution in [2.24, 2.45) is 5.92 Å². The molecular weight excluding hydrogens is 343 g/mol. The van der Waals surface area contributed by atoms with Crippen molar-refractivity contribution in [3.8, 4) is 0 Å². The Hall–Kier alpha value is -0.0336. The third-order valence-electron chi connectivity index (χ3n) is 4.48. The van der Waals surface area contributed by atoms with Gasteiger partial charge in [-0.3, -0.25) is 4.55 Å². The molecule has 0 aliphatic heterocycles. The van der Waals surface area contributed by atoms with Crippen molar-refractivity contribution in [2.75, 3.05) is 17.7 Å². The van der Waals surface area contributed by atoms with Gasteiger partial charge in [0.1, 0.15) is 17.8 Å². The first kappa shape index (κ1) is 19.3. The molecule has 2 aromatic heterocycles. The molecule has 2 N–H and O–H groups in total. The zero-order chi connectivity index (χ0) is 15.7. The van der Waals surface area contributed by atoms with Crippen LogP contribution in [0.15, 0.2) is 18.6 Å². The molecule has 1 radical (unpaired) electrons. The quantitative estimate of drug-likeness (QED) is 0.630. The zero-order valence-corrected chi connectivity index (χ0v) is 17.4. The molecule has 121 valence electrons. The summed E-state index contributed by atoms with van der Waals surface area (Å²) in [6, 6.07) is 2.29. The van der Waals surface area contributed by atoms with Crippen LogP contribution in [0.25, 0.3) is 11.0 Å². The van der Waals surface area contributed by atoms with Gasteiger partial charge >= 0.3 is 0 Å². The van der Waals surface area contributed by atoms with Gasteiger partial charge in [-0.25, -0.2) is 9.97 Å². The van der Waals surface area contributed by atoms with Crippen LogP contribution in [0, 0.1) is 5.92 Å². The van der Waals surface area contributed by atoms with Crippen molar-refractivity contribution in [3.05, 3.63) is 18.6 Å². The van der Waals surface area contributed by atoms with Crippen molar-refractivity contribution >= 4 is 78.4 Å². The first-order valence-electron chi connectivity index (χ1n) is 7.40. The molecule has 23 heavy (non-hydrogen) atoms. The fraction of sp³-hybridized carbons (Fsp3) is 0.571. The number of hydrogen-bond donors (Lipinski definition) is 2. The Morgan fingerprint density at radius 1 is 1.30 bits per heavy atom. The van der Waals surface area contributed by atoms with Gasteiger partial charge in [-0.15, -0.1) is 0 Å². The molecule has 2 aromatic rings. The van der Waals surface area contributed by atoms with Gasteiger partial charge in [-0.2, -0.15) is 8.42 Å². The maximum atomic E-state index is 11.0. The van der Waals surface area contributed by atoms with Crippen LogP contribution < -0.4 is 4.90 Å². The van der Waals surface area contributed by atoms with Gasteiger partial charge in [0.2, 0.25) is 0 Å². The van der Waals surface area contributed by atoms with Gasteiger partial charge in [0.15, 0.2) is 0 Å². The van der Waals surface area contributed by atoms with Crippen molar-refractivity contribution in [1.82, 2.24) is 15.0 Å². The van der Waals surface area contributed by atoms with E-state index in [1.165, 1.54) is 0 Å². The molecule has 1 saturated carbocycles. The fourth-order valence-electron chi connectivity index (χ4n) is 3.31. The van der Waals surface area contributed by atoms with E-state index in [1.54, 1.807) is 6.33 Å². The van der Waals surface area contributed by atoms with Gasteiger partial charge in [0.25, 0.3) is 10.1 Å². The molecule has 3 rings (SSSR count). The first-order chi connectivity index (χ1) is 10.4. The minimum atomic E-state index is -3.87. The van der Waals surface area contributed by atoms with E-state index in [0.717, 1.165) is 42.5 Å². The van der Waals surface area contributed by atoms with E-state index in [2.05, 4.69) is 19.9 Å². The van der Waals surface area contributed by atoms with Crippen molar-refractivity contribution in [2.45, 2.75) is 31.7 Å². The smallest absolute Gasteiger partial charge is 0.265 e. The number of nitrogens with one attached hydrogen (secondary N) is 1. The van der Waals surface area contributed by atoms with Gasteiger partial charge < -0.3 is 9.88 Å². The number of rotatable bonds is 4. The third kappa shape index (κ3) is 4.74. The van der Waals surface area contributed by atoms with Crippen LogP contribution in [0.2, 0.25) is 0 Å². The Balaban J connectivity index is 0.00000192. The fourth-order valence-corrected chi connectivity index (χ4v) is 4.24. The molecule has 0 amide bonds. The minimum Gasteiger partial charge on any atom is -0.356 e. The van der Waals surface area contributed by atoms with Gasteiger partial charge in [0, 0.05) is 70.7 Å². The second-order valence-electron chi connectivity index (χ2n) is 5.97. The summed E-state index contributed by atoms with van der Waals surface area (Å²) in [7, 11) is -1.86. The number of hydrogen-bond acceptors (Lipinski definition) is 5. The number of aromatic nitrogens is 3. The van der Waals surface area contributed by atoms with Crippen LogP contribution >= 0.6 is 0 Å². The summed E-state index contributed by atoms with van der Waals surface area (Å²) in [5, 5.41) is 0.991. The summed E-state index contributed by atoms with van der Waals surface area (Å²) in [4.78, 5) is 13.8. The molecule has 0 bridgehead atoms. The number of anilines is 1. The zero-order valence-electron chi connectivity index (χ0n) is 13.4.